The summed E-state index contributed by atoms with van der Waals surface area (Å²) in [5, 5.41) is 12.2. The lowest BCUT2D eigenvalue weighted by molar-refractivity contribution is -0.145. The quantitative estimate of drug-likeness (QED) is 0.822. The van der Waals surface area contributed by atoms with Gasteiger partial charge in [0.25, 0.3) is 0 Å². The average molecular weight is 267 g/mol. The molecule has 2 rings (SSSR count). The Labute approximate surface area is 115 Å². The summed E-state index contributed by atoms with van der Waals surface area (Å²) in [4.78, 5) is 23.4. The van der Waals surface area contributed by atoms with Crippen LogP contribution in [0.5, 0.6) is 0 Å². The van der Waals surface area contributed by atoms with Crippen molar-refractivity contribution in [2.45, 2.75) is 58.3 Å². The number of carboxylic acids is 1. The standard InChI is InChI=1S/C15H25NO3/c1-15(8-4-5-9-15)14(19)16-10-11-6-2-3-7-12(11)13(17)18/h11-12H,2-10H2,1H3,(H,16,19)(H,17,18). The fourth-order valence-corrected chi connectivity index (χ4v) is 3.60. The Kier molecular flexibility index (Phi) is 4.48. The van der Waals surface area contributed by atoms with E-state index in [4.69, 9.17) is 0 Å². The number of carbonyl (C=O) groups is 2. The first-order valence-corrected chi connectivity index (χ1v) is 7.54. The highest BCUT2D eigenvalue weighted by Gasteiger charge is 2.37. The van der Waals surface area contributed by atoms with Crippen LogP contribution in [0.1, 0.15) is 58.3 Å². The van der Waals surface area contributed by atoms with Gasteiger partial charge in [-0.15, -0.1) is 0 Å². The van der Waals surface area contributed by atoms with Crippen LogP contribution in [0.4, 0.5) is 0 Å². The van der Waals surface area contributed by atoms with Crippen LogP contribution in [0, 0.1) is 17.3 Å². The normalized spacial score (nSPS) is 29.9. The maximum absolute atomic E-state index is 12.2. The largest absolute Gasteiger partial charge is 0.481 e. The minimum atomic E-state index is -0.703. The van der Waals surface area contributed by atoms with Gasteiger partial charge in [0.1, 0.15) is 0 Å². The Balaban J connectivity index is 1.86. The van der Waals surface area contributed by atoms with Crippen molar-refractivity contribution in [1.29, 1.82) is 0 Å². The second kappa shape index (κ2) is 5.93. The zero-order valence-electron chi connectivity index (χ0n) is 11.8. The van der Waals surface area contributed by atoms with Crippen molar-refractivity contribution in [1.82, 2.24) is 5.32 Å². The van der Waals surface area contributed by atoms with E-state index in [1.54, 1.807) is 0 Å². The highest BCUT2D eigenvalue weighted by atomic mass is 16.4. The molecule has 2 unspecified atom stereocenters. The van der Waals surface area contributed by atoms with Crippen LogP contribution >= 0.6 is 0 Å². The molecular formula is C15H25NO3. The van der Waals surface area contributed by atoms with Gasteiger partial charge in [-0.2, -0.15) is 0 Å². The van der Waals surface area contributed by atoms with E-state index in [0.29, 0.717) is 6.54 Å². The highest BCUT2D eigenvalue weighted by molar-refractivity contribution is 5.82. The Morgan fingerprint density at radius 2 is 1.79 bits per heavy atom. The van der Waals surface area contributed by atoms with Crippen molar-refractivity contribution in [3.63, 3.8) is 0 Å². The van der Waals surface area contributed by atoms with E-state index < -0.39 is 5.97 Å². The van der Waals surface area contributed by atoms with Crippen molar-refractivity contribution in [3.8, 4) is 0 Å². The molecule has 2 saturated carbocycles. The molecule has 0 heterocycles. The summed E-state index contributed by atoms with van der Waals surface area (Å²) in [6.45, 7) is 2.57. The van der Waals surface area contributed by atoms with Gasteiger partial charge in [0.2, 0.25) is 5.91 Å². The van der Waals surface area contributed by atoms with Crippen molar-refractivity contribution < 1.29 is 14.7 Å². The topological polar surface area (TPSA) is 66.4 Å². The van der Waals surface area contributed by atoms with E-state index >= 15 is 0 Å². The first-order chi connectivity index (χ1) is 9.03. The number of amides is 1. The van der Waals surface area contributed by atoms with E-state index in [0.717, 1.165) is 51.4 Å². The number of rotatable bonds is 4. The number of carboxylic acid groups (broad SMARTS) is 1. The molecule has 0 aliphatic heterocycles. The molecule has 1 amide bonds. The molecule has 0 radical (unpaired) electrons. The smallest absolute Gasteiger partial charge is 0.306 e. The third kappa shape index (κ3) is 3.28. The monoisotopic (exact) mass is 267 g/mol. The predicted octanol–water partition coefficient (Wildman–Crippen LogP) is 2.57. The minimum Gasteiger partial charge on any atom is -0.481 e. The van der Waals surface area contributed by atoms with Gasteiger partial charge in [0.15, 0.2) is 0 Å². The van der Waals surface area contributed by atoms with E-state index in [-0.39, 0.29) is 23.2 Å². The molecule has 0 saturated heterocycles. The summed E-state index contributed by atoms with van der Waals surface area (Å²) >= 11 is 0. The molecule has 0 bridgehead atoms. The van der Waals surface area contributed by atoms with Gasteiger partial charge >= 0.3 is 5.97 Å². The first-order valence-electron chi connectivity index (χ1n) is 7.54. The first kappa shape index (κ1) is 14.4. The Morgan fingerprint density at radius 1 is 1.16 bits per heavy atom. The van der Waals surface area contributed by atoms with Gasteiger partial charge in [-0.05, 0) is 31.6 Å². The van der Waals surface area contributed by atoms with Gasteiger partial charge in [0, 0.05) is 12.0 Å². The van der Waals surface area contributed by atoms with Crippen LogP contribution in [0.15, 0.2) is 0 Å². The van der Waals surface area contributed by atoms with Crippen LogP contribution in [-0.4, -0.2) is 23.5 Å². The van der Waals surface area contributed by atoms with Crippen molar-refractivity contribution in [2.75, 3.05) is 6.54 Å². The molecule has 2 aliphatic carbocycles. The second-order valence-electron chi connectivity index (χ2n) is 6.47. The fraction of sp³-hybridized carbons (Fsp3) is 0.867. The Morgan fingerprint density at radius 3 is 2.42 bits per heavy atom. The Bertz CT molecular complexity index is 347. The maximum atomic E-state index is 12.2. The lowest BCUT2D eigenvalue weighted by atomic mass is 9.79. The summed E-state index contributed by atoms with van der Waals surface area (Å²) < 4.78 is 0. The molecule has 0 aromatic carbocycles. The van der Waals surface area contributed by atoms with Crippen molar-refractivity contribution >= 4 is 11.9 Å². The SMILES string of the molecule is CC1(C(=O)NCC2CCCCC2C(=O)O)CCCC1. The summed E-state index contributed by atoms with van der Waals surface area (Å²) in [6, 6.07) is 0. The van der Waals surface area contributed by atoms with Gasteiger partial charge < -0.3 is 10.4 Å². The summed E-state index contributed by atoms with van der Waals surface area (Å²) in [6.07, 6.45) is 7.95. The fourth-order valence-electron chi connectivity index (χ4n) is 3.60. The molecule has 4 nitrogen and oxygen atoms in total. The third-order valence-electron chi connectivity index (χ3n) is 5.01. The molecule has 2 N–H and O–H groups in total. The zero-order chi connectivity index (χ0) is 13.9. The molecule has 0 spiro atoms. The highest BCUT2D eigenvalue weighted by Crippen LogP contribution is 2.38. The van der Waals surface area contributed by atoms with Gasteiger partial charge in [-0.25, -0.2) is 0 Å². The maximum Gasteiger partial charge on any atom is 0.306 e. The summed E-state index contributed by atoms with van der Waals surface area (Å²) in [7, 11) is 0. The number of aliphatic carboxylic acids is 1. The molecule has 2 atom stereocenters. The number of carbonyl (C=O) groups excluding carboxylic acids is 1. The van der Waals surface area contributed by atoms with Crippen LogP contribution in [-0.2, 0) is 9.59 Å². The van der Waals surface area contributed by atoms with Crippen LogP contribution in [0.25, 0.3) is 0 Å². The third-order valence-corrected chi connectivity index (χ3v) is 5.01. The molecule has 2 aliphatic rings. The second-order valence-corrected chi connectivity index (χ2v) is 6.47. The molecule has 19 heavy (non-hydrogen) atoms. The molecule has 0 aromatic rings. The van der Waals surface area contributed by atoms with Crippen LogP contribution < -0.4 is 5.32 Å². The molecule has 108 valence electrons. The Hall–Kier alpha value is -1.06. The summed E-state index contributed by atoms with van der Waals surface area (Å²) in [5.41, 5.74) is -0.215. The van der Waals surface area contributed by atoms with Crippen LogP contribution in [0.3, 0.4) is 0 Å². The van der Waals surface area contributed by atoms with Crippen molar-refractivity contribution in [3.05, 3.63) is 0 Å². The van der Waals surface area contributed by atoms with Gasteiger partial charge in [-0.1, -0.05) is 32.6 Å². The van der Waals surface area contributed by atoms with Gasteiger partial charge in [0.05, 0.1) is 5.92 Å². The van der Waals surface area contributed by atoms with Crippen LogP contribution in [0.2, 0.25) is 0 Å². The molecule has 4 heteroatoms. The molecular weight excluding hydrogens is 242 g/mol. The van der Waals surface area contributed by atoms with E-state index in [1.165, 1.54) is 0 Å². The number of nitrogens with one attached hydrogen (secondary N) is 1. The number of hydrogen-bond acceptors (Lipinski definition) is 2. The number of hydrogen-bond donors (Lipinski definition) is 2. The lowest BCUT2D eigenvalue weighted by Gasteiger charge is -2.30. The van der Waals surface area contributed by atoms with E-state index in [1.807, 2.05) is 6.92 Å². The summed E-state index contributed by atoms with van der Waals surface area (Å²) in [5.74, 6) is -0.739. The molecule has 0 aromatic heterocycles. The molecule has 2 fully saturated rings. The van der Waals surface area contributed by atoms with Gasteiger partial charge in [-0.3, -0.25) is 9.59 Å². The lowest BCUT2D eigenvalue weighted by Crippen LogP contribution is -2.42. The van der Waals surface area contributed by atoms with E-state index in [9.17, 15) is 14.7 Å². The van der Waals surface area contributed by atoms with E-state index in [2.05, 4.69) is 5.32 Å². The predicted molar refractivity (Wildman–Crippen MR) is 72.7 cm³/mol. The zero-order valence-corrected chi connectivity index (χ0v) is 11.8. The van der Waals surface area contributed by atoms with Crippen molar-refractivity contribution in [2.24, 2.45) is 17.3 Å². The average Bonchev–Trinajstić information content (AvgIpc) is 2.84. The minimum absolute atomic E-state index is 0.111.